The summed E-state index contributed by atoms with van der Waals surface area (Å²) in [4.78, 5) is 4.66. The van der Waals surface area contributed by atoms with Crippen LogP contribution in [0.5, 0.6) is 0 Å². The number of rotatable bonds is 2. The molecule has 4 heteroatoms. The number of furan rings is 1. The molecular weight excluding hydrogens is 220 g/mol. The molecule has 0 aliphatic carbocycles. The van der Waals surface area contributed by atoms with E-state index in [1.54, 1.807) is 17.6 Å². The fourth-order valence-corrected chi connectivity index (χ4v) is 3.00. The molecule has 1 atom stereocenters. The molecule has 16 heavy (non-hydrogen) atoms. The molecule has 1 N–H and O–H groups in total. The molecule has 2 aromatic rings. The van der Waals surface area contributed by atoms with Crippen LogP contribution in [0.2, 0.25) is 0 Å². The van der Waals surface area contributed by atoms with Gasteiger partial charge in [-0.05, 0) is 37.9 Å². The Labute approximate surface area is 98.5 Å². The van der Waals surface area contributed by atoms with Gasteiger partial charge in [0.2, 0.25) is 0 Å². The quantitative estimate of drug-likeness (QED) is 0.867. The highest BCUT2D eigenvalue weighted by Gasteiger charge is 2.20. The standard InChI is InChI=1S/C12H14N2OS/c1-8-4-6-15-11(8)12-14-10(7-16-12)9-3-2-5-13-9/h4,6-7,9,13H,2-3,5H2,1H3. The van der Waals surface area contributed by atoms with Crippen LogP contribution in [0.25, 0.3) is 10.8 Å². The van der Waals surface area contributed by atoms with E-state index < -0.39 is 0 Å². The average Bonchev–Trinajstić information content (AvgIpc) is 2.96. The van der Waals surface area contributed by atoms with Gasteiger partial charge in [-0.15, -0.1) is 11.3 Å². The Morgan fingerprint density at radius 2 is 2.50 bits per heavy atom. The maximum absolute atomic E-state index is 5.45. The van der Waals surface area contributed by atoms with Crippen molar-refractivity contribution in [3.05, 3.63) is 29.0 Å². The Balaban J connectivity index is 1.90. The minimum absolute atomic E-state index is 0.445. The van der Waals surface area contributed by atoms with Crippen LogP contribution >= 0.6 is 11.3 Å². The topological polar surface area (TPSA) is 38.1 Å². The van der Waals surface area contributed by atoms with E-state index in [4.69, 9.17) is 4.42 Å². The Morgan fingerprint density at radius 3 is 3.19 bits per heavy atom. The maximum Gasteiger partial charge on any atom is 0.165 e. The van der Waals surface area contributed by atoms with Crippen LogP contribution in [0.15, 0.2) is 22.1 Å². The zero-order valence-electron chi connectivity index (χ0n) is 9.19. The highest BCUT2D eigenvalue weighted by Crippen LogP contribution is 2.31. The van der Waals surface area contributed by atoms with Crippen molar-refractivity contribution in [2.24, 2.45) is 0 Å². The highest BCUT2D eigenvalue weighted by molar-refractivity contribution is 7.13. The van der Waals surface area contributed by atoms with E-state index in [0.717, 1.165) is 28.6 Å². The lowest BCUT2D eigenvalue weighted by atomic mass is 10.2. The van der Waals surface area contributed by atoms with E-state index in [0.29, 0.717) is 6.04 Å². The third-order valence-corrected chi connectivity index (χ3v) is 3.85. The summed E-state index contributed by atoms with van der Waals surface area (Å²) in [5.74, 6) is 0.911. The molecule has 0 radical (unpaired) electrons. The van der Waals surface area contributed by atoms with E-state index in [1.165, 1.54) is 12.8 Å². The average molecular weight is 234 g/mol. The minimum atomic E-state index is 0.445. The second kappa shape index (κ2) is 4.03. The van der Waals surface area contributed by atoms with Gasteiger partial charge in [-0.25, -0.2) is 4.98 Å². The second-order valence-electron chi connectivity index (χ2n) is 4.16. The lowest BCUT2D eigenvalue weighted by Crippen LogP contribution is -2.12. The number of hydrogen-bond donors (Lipinski definition) is 1. The summed E-state index contributed by atoms with van der Waals surface area (Å²) in [6.45, 7) is 3.16. The van der Waals surface area contributed by atoms with Gasteiger partial charge in [-0.3, -0.25) is 0 Å². The van der Waals surface area contributed by atoms with Crippen molar-refractivity contribution < 1.29 is 4.42 Å². The van der Waals surface area contributed by atoms with E-state index in [1.807, 2.05) is 13.0 Å². The summed E-state index contributed by atoms with van der Waals surface area (Å²) in [5.41, 5.74) is 2.31. The minimum Gasteiger partial charge on any atom is -0.462 e. The van der Waals surface area contributed by atoms with E-state index in [9.17, 15) is 0 Å². The van der Waals surface area contributed by atoms with Gasteiger partial charge in [0.05, 0.1) is 18.0 Å². The summed E-state index contributed by atoms with van der Waals surface area (Å²) in [5, 5.41) is 6.59. The van der Waals surface area contributed by atoms with Crippen LogP contribution in [-0.4, -0.2) is 11.5 Å². The molecule has 0 bridgehead atoms. The predicted octanol–water partition coefficient (Wildman–Crippen LogP) is 3.14. The van der Waals surface area contributed by atoms with Gasteiger partial charge >= 0.3 is 0 Å². The summed E-state index contributed by atoms with van der Waals surface area (Å²) in [6, 6.07) is 2.42. The normalized spacial score (nSPS) is 20.4. The first-order valence-corrected chi connectivity index (χ1v) is 6.46. The first-order chi connectivity index (χ1) is 7.84. The Bertz CT molecular complexity index is 483. The molecule has 3 nitrogen and oxygen atoms in total. The molecule has 2 aromatic heterocycles. The van der Waals surface area contributed by atoms with Crippen molar-refractivity contribution in [3.63, 3.8) is 0 Å². The predicted molar refractivity (Wildman–Crippen MR) is 64.5 cm³/mol. The number of hydrogen-bond acceptors (Lipinski definition) is 4. The molecule has 1 saturated heterocycles. The van der Waals surface area contributed by atoms with Gasteiger partial charge in [0.15, 0.2) is 10.8 Å². The van der Waals surface area contributed by atoms with Crippen LogP contribution in [0, 0.1) is 6.92 Å². The van der Waals surface area contributed by atoms with Gasteiger partial charge < -0.3 is 9.73 Å². The van der Waals surface area contributed by atoms with E-state index in [2.05, 4.69) is 15.7 Å². The molecule has 1 fully saturated rings. The third kappa shape index (κ3) is 1.68. The Kier molecular flexibility index (Phi) is 2.53. The molecule has 1 aliphatic rings. The summed E-state index contributed by atoms with van der Waals surface area (Å²) in [7, 11) is 0. The van der Waals surface area contributed by atoms with Crippen LogP contribution < -0.4 is 5.32 Å². The zero-order chi connectivity index (χ0) is 11.0. The van der Waals surface area contributed by atoms with E-state index in [-0.39, 0.29) is 0 Å². The zero-order valence-corrected chi connectivity index (χ0v) is 10.0. The lowest BCUT2D eigenvalue weighted by Gasteiger charge is -2.04. The van der Waals surface area contributed by atoms with Crippen LogP contribution in [-0.2, 0) is 0 Å². The molecule has 3 rings (SSSR count). The van der Waals surface area contributed by atoms with Crippen molar-refractivity contribution in [2.45, 2.75) is 25.8 Å². The highest BCUT2D eigenvalue weighted by atomic mass is 32.1. The van der Waals surface area contributed by atoms with Crippen molar-refractivity contribution in [1.29, 1.82) is 0 Å². The number of aryl methyl sites for hydroxylation is 1. The van der Waals surface area contributed by atoms with Crippen LogP contribution in [0.1, 0.15) is 30.1 Å². The van der Waals surface area contributed by atoms with Crippen LogP contribution in [0.4, 0.5) is 0 Å². The summed E-state index contributed by atoms with van der Waals surface area (Å²) in [6.07, 6.45) is 4.16. The molecule has 3 heterocycles. The number of aromatic nitrogens is 1. The molecular formula is C12H14N2OS. The smallest absolute Gasteiger partial charge is 0.165 e. The second-order valence-corrected chi connectivity index (χ2v) is 5.02. The molecule has 0 amide bonds. The number of nitrogens with one attached hydrogen (secondary N) is 1. The Morgan fingerprint density at radius 1 is 1.56 bits per heavy atom. The molecule has 0 saturated carbocycles. The van der Waals surface area contributed by atoms with Crippen molar-refractivity contribution >= 4 is 11.3 Å². The van der Waals surface area contributed by atoms with Crippen molar-refractivity contribution in [2.75, 3.05) is 6.54 Å². The van der Waals surface area contributed by atoms with Gasteiger partial charge in [-0.2, -0.15) is 0 Å². The number of thiazole rings is 1. The fraction of sp³-hybridized carbons (Fsp3) is 0.417. The fourth-order valence-electron chi connectivity index (χ4n) is 2.08. The van der Waals surface area contributed by atoms with Gasteiger partial charge in [-0.1, -0.05) is 0 Å². The molecule has 84 valence electrons. The summed E-state index contributed by atoms with van der Waals surface area (Å²) >= 11 is 1.66. The monoisotopic (exact) mass is 234 g/mol. The largest absolute Gasteiger partial charge is 0.462 e. The lowest BCUT2D eigenvalue weighted by molar-refractivity contribution is 0.578. The van der Waals surface area contributed by atoms with E-state index >= 15 is 0 Å². The molecule has 1 unspecified atom stereocenters. The van der Waals surface area contributed by atoms with Gasteiger partial charge in [0, 0.05) is 5.38 Å². The first-order valence-electron chi connectivity index (χ1n) is 5.58. The molecule has 1 aliphatic heterocycles. The summed E-state index contributed by atoms with van der Waals surface area (Å²) < 4.78 is 5.45. The van der Waals surface area contributed by atoms with Gasteiger partial charge in [0.1, 0.15) is 0 Å². The van der Waals surface area contributed by atoms with Crippen LogP contribution in [0.3, 0.4) is 0 Å². The Hall–Kier alpha value is -1.13. The molecule has 0 aromatic carbocycles. The SMILES string of the molecule is Cc1ccoc1-c1nc(C2CCCN2)cs1. The number of nitrogens with zero attached hydrogens (tertiary/aromatic N) is 1. The third-order valence-electron chi connectivity index (χ3n) is 3.00. The first kappa shape index (κ1) is 10.1. The maximum atomic E-state index is 5.45. The van der Waals surface area contributed by atoms with Crippen molar-refractivity contribution in [3.8, 4) is 10.8 Å². The molecule has 0 spiro atoms. The van der Waals surface area contributed by atoms with Gasteiger partial charge in [0.25, 0.3) is 0 Å². The van der Waals surface area contributed by atoms with Crippen molar-refractivity contribution in [1.82, 2.24) is 10.3 Å².